The zero-order valence-electron chi connectivity index (χ0n) is 18.6. The summed E-state index contributed by atoms with van der Waals surface area (Å²) in [6.07, 6.45) is 17.4. The smallest absolute Gasteiger partial charge is 0.262 e. The lowest BCUT2D eigenvalue weighted by atomic mass is 10.00. The second-order valence-corrected chi connectivity index (χ2v) is 8.71. The monoisotopic (exact) mass is 391 g/mol. The fraction of sp³-hybridized carbons (Fsp3) is 0.708. The molecule has 1 rings (SSSR count). The van der Waals surface area contributed by atoms with Gasteiger partial charge in [0.2, 0.25) is 0 Å². The standard InChI is InChI=1S/C24H43N2S/c1-6-7-8-9-10-11-12-13-14-15-18-22-19-16-17-20-23(22)21-26(4)24(27-5)25(2)3/h16-17,19-20H,6-15,18,21H2,1-5H3/q+1. The summed E-state index contributed by atoms with van der Waals surface area (Å²) >= 11 is 1.81. The first kappa shape index (κ1) is 24.1. The summed E-state index contributed by atoms with van der Waals surface area (Å²) in [6, 6.07) is 9.00. The summed E-state index contributed by atoms with van der Waals surface area (Å²) in [7, 11) is 6.44. The van der Waals surface area contributed by atoms with Crippen LogP contribution in [0.1, 0.15) is 82.3 Å². The van der Waals surface area contributed by atoms with Crippen molar-refractivity contribution < 1.29 is 4.58 Å². The first-order valence-corrected chi connectivity index (χ1v) is 12.2. The molecule has 0 saturated carbocycles. The second-order valence-electron chi connectivity index (χ2n) is 7.94. The molecular weight excluding hydrogens is 348 g/mol. The van der Waals surface area contributed by atoms with Crippen LogP contribution in [0.5, 0.6) is 0 Å². The molecule has 0 amide bonds. The van der Waals surface area contributed by atoms with Gasteiger partial charge in [-0.1, -0.05) is 89.0 Å². The van der Waals surface area contributed by atoms with E-state index in [1.165, 1.54) is 86.9 Å². The largest absolute Gasteiger partial charge is 0.307 e. The van der Waals surface area contributed by atoms with Gasteiger partial charge in [0.05, 0.1) is 21.1 Å². The molecular formula is C24H43N2S+. The zero-order valence-corrected chi connectivity index (χ0v) is 19.4. The van der Waals surface area contributed by atoms with Crippen molar-refractivity contribution >= 4 is 16.9 Å². The molecule has 0 N–H and O–H groups in total. The average Bonchev–Trinajstić information content (AvgIpc) is 2.64. The summed E-state index contributed by atoms with van der Waals surface area (Å²) in [5.74, 6) is 0. The molecule has 2 nitrogen and oxygen atoms in total. The summed E-state index contributed by atoms with van der Waals surface area (Å²) in [5, 5.41) is 1.31. The number of thioether (sulfide) groups is 1. The van der Waals surface area contributed by atoms with E-state index in [-0.39, 0.29) is 0 Å². The number of amidine groups is 1. The first-order chi connectivity index (χ1) is 13.1. The molecule has 0 fully saturated rings. The van der Waals surface area contributed by atoms with Crippen LogP contribution in [0, 0.1) is 0 Å². The lowest BCUT2D eigenvalue weighted by Gasteiger charge is -2.16. The predicted octanol–water partition coefficient (Wildman–Crippen LogP) is 6.57. The molecule has 0 aliphatic carbocycles. The Morgan fingerprint density at radius 2 is 1.37 bits per heavy atom. The lowest BCUT2D eigenvalue weighted by molar-refractivity contribution is -0.466. The summed E-state index contributed by atoms with van der Waals surface area (Å²) < 4.78 is 2.20. The minimum Gasteiger partial charge on any atom is -0.262 e. The van der Waals surface area contributed by atoms with E-state index in [2.05, 4.69) is 68.1 Å². The number of aryl methyl sites for hydroxylation is 1. The van der Waals surface area contributed by atoms with E-state index < -0.39 is 0 Å². The van der Waals surface area contributed by atoms with Crippen LogP contribution in [0.3, 0.4) is 0 Å². The minimum absolute atomic E-state index is 0.988. The molecule has 0 spiro atoms. The van der Waals surface area contributed by atoms with E-state index >= 15 is 0 Å². The van der Waals surface area contributed by atoms with Gasteiger partial charge in [-0.15, -0.1) is 0 Å². The number of rotatable bonds is 13. The van der Waals surface area contributed by atoms with Crippen LogP contribution in [0.25, 0.3) is 0 Å². The molecule has 0 radical (unpaired) electrons. The SMILES string of the molecule is CCCCCCCCCCCCc1ccccc1CN(C)C(SC)=[N+](C)C. The van der Waals surface area contributed by atoms with E-state index in [4.69, 9.17) is 0 Å². The van der Waals surface area contributed by atoms with Crippen LogP contribution in [0.2, 0.25) is 0 Å². The third-order valence-electron chi connectivity index (χ3n) is 5.22. The van der Waals surface area contributed by atoms with Gasteiger partial charge in [-0.25, -0.2) is 0 Å². The zero-order chi connectivity index (χ0) is 19.9. The molecule has 154 valence electrons. The van der Waals surface area contributed by atoms with E-state index in [0.29, 0.717) is 0 Å². The lowest BCUT2D eigenvalue weighted by Crippen LogP contribution is -2.30. The quantitative estimate of drug-likeness (QED) is 0.162. The van der Waals surface area contributed by atoms with Gasteiger partial charge < -0.3 is 0 Å². The second kappa shape index (κ2) is 15.0. The Morgan fingerprint density at radius 1 is 0.852 bits per heavy atom. The van der Waals surface area contributed by atoms with Crippen molar-refractivity contribution in [2.45, 2.75) is 84.1 Å². The molecule has 1 aromatic carbocycles. The molecule has 1 aromatic rings. The highest BCUT2D eigenvalue weighted by Gasteiger charge is 2.16. The maximum absolute atomic E-state index is 2.36. The Labute approximate surface area is 173 Å². The summed E-state index contributed by atoms with van der Waals surface area (Å²) in [4.78, 5) is 2.36. The Kier molecular flexibility index (Phi) is 13.4. The third kappa shape index (κ3) is 10.2. The van der Waals surface area contributed by atoms with Gasteiger partial charge in [-0.05, 0) is 42.0 Å². The molecule has 0 aliphatic heterocycles. The number of hydrogen-bond donors (Lipinski definition) is 0. The van der Waals surface area contributed by atoms with E-state index in [9.17, 15) is 0 Å². The van der Waals surface area contributed by atoms with Gasteiger partial charge in [-0.2, -0.15) is 0 Å². The summed E-state index contributed by atoms with van der Waals surface area (Å²) in [5.41, 5.74) is 3.01. The average molecular weight is 392 g/mol. The maximum atomic E-state index is 2.36. The molecule has 0 unspecified atom stereocenters. The molecule has 3 heteroatoms. The third-order valence-corrected chi connectivity index (χ3v) is 6.26. The van der Waals surface area contributed by atoms with Gasteiger partial charge in [0.25, 0.3) is 0 Å². The van der Waals surface area contributed by atoms with E-state index in [1.807, 2.05) is 11.8 Å². The molecule has 0 saturated heterocycles. The number of hydrogen-bond acceptors (Lipinski definition) is 1. The highest BCUT2D eigenvalue weighted by Crippen LogP contribution is 2.17. The minimum atomic E-state index is 0.988. The van der Waals surface area contributed by atoms with Crippen LogP contribution in [-0.4, -0.2) is 42.0 Å². The maximum Gasteiger partial charge on any atom is 0.307 e. The van der Waals surface area contributed by atoms with Crippen LogP contribution in [0.4, 0.5) is 0 Å². The van der Waals surface area contributed by atoms with E-state index in [0.717, 1.165) is 6.54 Å². The van der Waals surface area contributed by atoms with Gasteiger partial charge >= 0.3 is 5.17 Å². The highest BCUT2D eigenvalue weighted by molar-refractivity contribution is 8.12. The molecule has 0 aromatic heterocycles. The first-order valence-electron chi connectivity index (χ1n) is 11.0. The van der Waals surface area contributed by atoms with Gasteiger partial charge in [-0.3, -0.25) is 9.48 Å². The Bertz CT molecular complexity index is 535. The molecule has 0 bridgehead atoms. The molecule has 0 aliphatic rings. The van der Waals surface area contributed by atoms with Crippen molar-refractivity contribution in [3.05, 3.63) is 35.4 Å². The number of nitrogens with zero attached hydrogens (tertiary/aromatic N) is 2. The van der Waals surface area contributed by atoms with Crippen molar-refractivity contribution in [1.82, 2.24) is 4.90 Å². The Hall–Kier alpha value is -0.960. The van der Waals surface area contributed by atoms with Crippen molar-refractivity contribution in [3.8, 4) is 0 Å². The predicted molar refractivity (Wildman–Crippen MR) is 124 cm³/mol. The van der Waals surface area contributed by atoms with Gasteiger partial charge in [0, 0.05) is 0 Å². The molecule has 0 heterocycles. The van der Waals surface area contributed by atoms with Crippen LogP contribution < -0.4 is 0 Å². The molecule has 0 atom stereocenters. The topological polar surface area (TPSA) is 6.25 Å². The van der Waals surface area contributed by atoms with Crippen molar-refractivity contribution in [1.29, 1.82) is 0 Å². The van der Waals surface area contributed by atoms with Gasteiger partial charge in [0.15, 0.2) is 0 Å². The fourth-order valence-electron chi connectivity index (χ4n) is 3.76. The van der Waals surface area contributed by atoms with Crippen molar-refractivity contribution in [2.75, 3.05) is 27.4 Å². The number of benzene rings is 1. The van der Waals surface area contributed by atoms with Gasteiger partial charge in [0.1, 0.15) is 6.54 Å². The van der Waals surface area contributed by atoms with Crippen LogP contribution >= 0.6 is 11.8 Å². The summed E-state index contributed by atoms with van der Waals surface area (Å²) in [6.45, 7) is 3.28. The molecule has 27 heavy (non-hydrogen) atoms. The fourth-order valence-corrected chi connectivity index (χ4v) is 4.50. The van der Waals surface area contributed by atoms with Crippen LogP contribution in [-0.2, 0) is 13.0 Å². The van der Waals surface area contributed by atoms with Crippen molar-refractivity contribution in [2.24, 2.45) is 0 Å². The Balaban J connectivity index is 2.33. The number of unbranched alkanes of at least 4 members (excludes halogenated alkanes) is 9. The van der Waals surface area contributed by atoms with Crippen molar-refractivity contribution in [3.63, 3.8) is 0 Å². The van der Waals surface area contributed by atoms with E-state index in [1.54, 1.807) is 0 Å². The normalized spacial score (nSPS) is 10.9. The highest BCUT2D eigenvalue weighted by atomic mass is 32.2. The van der Waals surface area contributed by atoms with Crippen LogP contribution in [0.15, 0.2) is 24.3 Å². The Morgan fingerprint density at radius 3 is 1.89 bits per heavy atom.